The lowest BCUT2D eigenvalue weighted by molar-refractivity contribution is 0.432. The molecule has 0 amide bonds. The molecule has 0 unspecified atom stereocenters. The molecule has 2 nitrogen and oxygen atoms in total. The SMILES string of the molecule is CC(C)NCc1cccc(F)c1Oc1cccc(Cl)c1Cl. The number of hydrogen-bond acceptors (Lipinski definition) is 2. The fraction of sp³-hybridized carbons (Fsp3) is 0.250. The van der Waals surface area contributed by atoms with Crippen molar-refractivity contribution < 1.29 is 9.13 Å². The maximum atomic E-state index is 14.1. The van der Waals surface area contributed by atoms with E-state index in [-0.39, 0.29) is 16.8 Å². The summed E-state index contributed by atoms with van der Waals surface area (Å²) in [6.07, 6.45) is 0. The van der Waals surface area contributed by atoms with Crippen LogP contribution in [0.25, 0.3) is 0 Å². The second-order valence-electron chi connectivity index (χ2n) is 4.92. The van der Waals surface area contributed by atoms with E-state index in [1.54, 1.807) is 24.3 Å². The molecule has 2 rings (SSSR count). The largest absolute Gasteiger partial charge is 0.452 e. The van der Waals surface area contributed by atoms with Crippen LogP contribution in [0, 0.1) is 5.82 Å². The van der Waals surface area contributed by atoms with Crippen molar-refractivity contribution >= 4 is 23.2 Å². The van der Waals surface area contributed by atoms with Crippen molar-refractivity contribution in [1.29, 1.82) is 0 Å². The Labute approximate surface area is 133 Å². The summed E-state index contributed by atoms with van der Waals surface area (Å²) < 4.78 is 19.7. The first-order valence-electron chi connectivity index (χ1n) is 6.61. The summed E-state index contributed by atoms with van der Waals surface area (Å²) in [6.45, 7) is 4.55. The molecule has 0 bridgehead atoms. The predicted octanol–water partition coefficient (Wildman–Crippen LogP) is 5.42. The topological polar surface area (TPSA) is 21.3 Å². The summed E-state index contributed by atoms with van der Waals surface area (Å²) >= 11 is 12.0. The fourth-order valence-electron chi connectivity index (χ4n) is 1.79. The third-order valence-electron chi connectivity index (χ3n) is 2.88. The van der Waals surface area contributed by atoms with E-state index in [9.17, 15) is 4.39 Å². The number of nitrogens with one attached hydrogen (secondary N) is 1. The zero-order valence-electron chi connectivity index (χ0n) is 11.8. The monoisotopic (exact) mass is 327 g/mol. The molecule has 21 heavy (non-hydrogen) atoms. The highest BCUT2D eigenvalue weighted by atomic mass is 35.5. The van der Waals surface area contributed by atoms with Gasteiger partial charge in [-0.1, -0.05) is 55.2 Å². The van der Waals surface area contributed by atoms with Crippen LogP contribution in [-0.2, 0) is 6.54 Å². The number of benzene rings is 2. The van der Waals surface area contributed by atoms with Crippen LogP contribution in [0.1, 0.15) is 19.4 Å². The zero-order valence-corrected chi connectivity index (χ0v) is 13.3. The van der Waals surface area contributed by atoms with Crippen LogP contribution in [-0.4, -0.2) is 6.04 Å². The van der Waals surface area contributed by atoms with Crippen molar-refractivity contribution in [2.24, 2.45) is 0 Å². The van der Waals surface area contributed by atoms with Crippen molar-refractivity contribution in [3.8, 4) is 11.5 Å². The average molecular weight is 328 g/mol. The summed E-state index contributed by atoms with van der Waals surface area (Å²) in [6, 6.07) is 10.1. The quantitative estimate of drug-likeness (QED) is 0.791. The molecule has 0 aromatic heterocycles. The molecular weight excluding hydrogens is 312 g/mol. The Morgan fingerprint density at radius 3 is 2.57 bits per heavy atom. The van der Waals surface area contributed by atoms with Crippen molar-refractivity contribution in [2.75, 3.05) is 0 Å². The first-order chi connectivity index (χ1) is 9.99. The minimum absolute atomic E-state index is 0.162. The van der Waals surface area contributed by atoms with Gasteiger partial charge in [0.1, 0.15) is 10.8 Å². The second-order valence-corrected chi connectivity index (χ2v) is 5.70. The molecule has 0 heterocycles. The molecule has 0 atom stereocenters. The first-order valence-corrected chi connectivity index (χ1v) is 7.37. The molecule has 112 valence electrons. The van der Waals surface area contributed by atoms with Gasteiger partial charge in [0.25, 0.3) is 0 Å². The lowest BCUT2D eigenvalue weighted by Crippen LogP contribution is -2.22. The number of para-hydroxylation sites is 1. The number of hydrogen-bond donors (Lipinski definition) is 1. The molecule has 5 heteroatoms. The Kier molecular flexibility index (Phi) is 5.45. The van der Waals surface area contributed by atoms with Gasteiger partial charge in [-0.15, -0.1) is 0 Å². The molecule has 0 aliphatic heterocycles. The lowest BCUT2D eigenvalue weighted by Gasteiger charge is -2.15. The summed E-state index contributed by atoms with van der Waals surface area (Å²) in [5.74, 6) is 0.0592. The molecular formula is C16H16Cl2FNO. The summed E-state index contributed by atoms with van der Waals surface area (Å²) in [4.78, 5) is 0. The fourth-order valence-corrected chi connectivity index (χ4v) is 2.12. The highest BCUT2D eigenvalue weighted by molar-refractivity contribution is 6.42. The normalized spacial score (nSPS) is 11.0. The molecule has 2 aromatic carbocycles. The van der Waals surface area contributed by atoms with Gasteiger partial charge in [-0.2, -0.15) is 0 Å². The summed E-state index contributed by atoms with van der Waals surface area (Å²) in [5, 5.41) is 3.87. The Bertz CT molecular complexity index is 632. The molecule has 0 spiro atoms. The van der Waals surface area contributed by atoms with E-state index < -0.39 is 5.82 Å². The minimum Gasteiger partial charge on any atom is -0.452 e. The molecule has 0 aliphatic carbocycles. The van der Waals surface area contributed by atoms with Gasteiger partial charge in [0, 0.05) is 18.2 Å². The molecule has 0 saturated heterocycles. The van der Waals surface area contributed by atoms with Gasteiger partial charge in [-0.25, -0.2) is 4.39 Å². The molecule has 2 aromatic rings. The van der Waals surface area contributed by atoms with E-state index in [0.717, 1.165) is 5.56 Å². The molecule has 1 N–H and O–H groups in total. The van der Waals surface area contributed by atoms with Gasteiger partial charge in [-0.05, 0) is 18.2 Å². The van der Waals surface area contributed by atoms with Gasteiger partial charge in [0.05, 0.1) is 5.02 Å². The van der Waals surface area contributed by atoms with E-state index in [1.165, 1.54) is 6.07 Å². The highest BCUT2D eigenvalue weighted by Gasteiger charge is 2.14. The van der Waals surface area contributed by atoms with Crippen LogP contribution >= 0.6 is 23.2 Å². The minimum atomic E-state index is -0.436. The van der Waals surface area contributed by atoms with Crippen LogP contribution in [0.3, 0.4) is 0 Å². The summed E-state index contributed by atoms with van der Waals surface area (Å²) in [7, 11) is 0. The Balaban J connectivity index is 2.32. The first kappa shape index (κ1) is 16.1. The number of halogens is 3. The van der Waals surface area contributed by atoms with Crippen LogP contribution in [0.15, 0.2) is 36.4 Å². The van der Waals surface area contributed by atoms with E-state index >= 15 is 0 Å². The van der Waals surface area contributed by atoms with Crippen LogP contribution in [0.2, 0.25) is 10.0 Å². The van der Waals surface area contributed by atoms with E-state index in [2.05, 4.69) is 5.32 Å². The molecule has 0 fully saturated rings. The van der Waals surface area contributed by atoms with Crippen molar-refractivity contribution in [3.63, 3.8) is 0 Å². The van der Waals surface area contributed by atoms with Crippen molar-refractivity contribution in [2.45, 2.75) is 26.4 Å². The molecule has 0 radical (unpaired) electrons. The third kappa shape index (κ3) is 4.10. The van der Waals surface area contributed by atoms with Gasteiger partial charge in [0.2, 0.25) is 0 Å². The standard InChI is InChI=1S/C16H16Cl2FNO/c1-10(2)20-9-11-5-3-7-13(19)16(11)21-14-8-4-6-12(17)15(14)18/h3-8,10,20H,9H2,1-2H3. The third-order valence-corrected chi connectivity index (χ3v) is 3.68. The average Bonchev–Trinajstić information content (AvgIpc) is 2.44. The summed E-state index contributed by atoms with van der Waals surface area (Å²) in [5.41, 5.74) is 0.722. The Hall–Kier alpha value is -1.29. The van der Waals surface area contributed by atoms with Gasteiger partial charge < -0.3 is 10.1 Å². The van der Waals surface area contributed by atoms with Gasteiger partial charge in [-0.3, -0.25) is 0 Å². The predicted molar refractivity (Wildman–Crippen MR) is 84.9 cm³/mol. The zero-order chi connectivity index (χ0) is 15.4. The van der Waals surface area contributed by atoms with E-state index in [4.69, 9.17) is 27.9 Å². The maximum absolute atomic E-state index is 14.1. The number of rotatable bonds is 5. The van der Waals surface area contributed by atoms with Gasteiger partial charge >= 0.3 is 0 Å². The molecule has 0 aliphatic rings. The van der Waals surface area contributed by atoms with Crippen molar-refractivity contribution in [3.05, 3.63) is 57.8 Å². The van der Waals surface area contributed by atoms with E-state index in [0.29, 0.717) is 17.3 Å². The van der Waals surface area contributed by atoms with Crippen LogP contribution < -0.4 is 10.1 Å². The highest BCUT2D eigenvalue weighted by Crippen LogP contribution is 2.36. The van der Waals surface area contributed by atoms with Crippen LogP contribution in [0.5, 0.6) is 11.5 Å². The van der Waals surface area contributed by atoms with Gasteiger partial charge in [0.15, 0.2) is 11.6 Å². The smallest absolute Gasteiger partial charge is 0.167 e. The lowest BCUT2D eigenvalue weighted by atomic mass is 10.2. The number of ether oxygens (including phenoxy) is 1. The Morgan fingerprint density at radius 1 is 1.14 bits per heavy atom. The molecule has 0 saturated carbocycles. The maximum Gasteiger partial charge on any atom is 0.167 e. The second kappa shape index (κ2) is 7.12. The Morgan fingerprint density at radius 2 is 1.86 bits per heavy atom. The van der Waals surface area contributed by atoms with E-state index in [1.807, 2.05) is 19.9 Å². The van der Waals surface area contributed by atoms with Crippen LogP contribution in [0.4, 0.5) is 4.39 Å². The van der Waals surface area contributed by atoms with Crippen molar-refractivity contribution in [1.82, 2.24) is 5.32 Å².